The van der Waals surface area contributed by atoms with Crippen LogP contribution in [0.1, 0.15) is 52.9 Å². The highest BCUT2D eigenvalue weighted by Crippen LogP contribution is 2.18. The van der Waals surface area contributed by atoms with Crippen molar-refractivity contribution in [2.75, 3.05) is 13.1 Å². The Morgan fingerprint density at radius 2 is 2.13 bits per heavy atom. The first-order valence-corrected chi connectivity index (χ1v) is 6.35. The molecule has 1 fully saturated rings. The Bertz CT molecular complexity index is 201. The van der Waals surface area contributed by atoms with Crippen molar-refractivity contribution >= 4 is 5.78 Å². The largest absolute Gasteiger partial charge is 0.298 e. The van der Waals surface area contributed by atoms with Crippen molar-refractivity contribution in [1.82, 2.24) is 4.90 Å². The van der Waals surface area contributed by atoms with E-state index in [2.05, 4.69) is 18.7 Å². The van der Waals surface area contributed by atoms with Gasteiger partial charge in [-0.1, -0.05) is 20.3 Å². The van der Waals surface area contributed by atoms with Gasteiger partial charge in [-0.05, 0) is 51.6 Å². The van der Waals surface area contributed by atoms with Crippen molar-refractivity contribution in [3.8, 4) is 0 Å². The van der Waals surface area contributed by atoms with Gasteiger partial charge >= 0.3 is 0 Å². The van der Waals surface area contributed by atoms with E-state index in [-0.39, 0.29) is 6.04 Å². The number of ketones is 1. The summed E-state index contributed by atoms with van der Waals surface area (Å²) in [6.07, 6.45) is 6.09. The highest BCUT2D eigenvalue weighted by atomic mass is 16.1. The lowest BCUT2D eigenvalue weighted by Crippen LogP contribution is -2.44. The third-order valence-corrected chi connectivity index (χ3v) is 3.31. The van der Waals surface area contributed by atoms with Gasteiger partial charge in [0.25, 0.3) is 0 Å². The van der Waals surface area contributed by atoms with Gasteiger partial charge in [-0.15, -0.1) is 0 Å². The fraction of sp³-hybridized carbons (Fsp3) is 0.923. The zero-order chi connectivity index (χ0) is 11.3. The molecule has 1 heterocycles. The molecule has 0 N–H and O–H groups in total. The van der Waals surface area contributed by atoms with Gasteiger partial charge in [0.1, 0.15) is 5.78 Å². The van der Waals surface area contributed by atoms with Crippen LogP contribution in [-0.2, 0) is 4.79 Å². The molecule has 2 heteroatoms. The van der Waals surface area contributed by atoms with Crippen molar-refractivity contribution < 1.29 is 4.79 Å². The van der Waals surface area contributed by atoms with Crippen LogP contribution >= 0.6 is 0 Å². The van der Waals surface area contributed by atoms with Gasteiger partial charge in [-0.3, -0.25) is 9.69 Å². The SMILES string of the molecule is CC(=O)C1CCCCN1CCCC(C)C. The van der Waals surface area contributed by atoms with E-state index < -0.39 is 0 Å². The molecule has 1 saturated heterocycles. The second-order valence-corrected chi connectivity index (χ2v) is 5.19. The maximum absolute atomic E-state index is 11.5. The molecule has 0 saturated carbocycles. The fourth-order valence-electron chi connectivity index (χ4n) is 2.42. The van der Waals surface area contributed by atoms with Gasteiger partial charge in [0.2, 0.25) is 0 Å². The number of likely N-dealkylation sites (tertiary alicyclic amines) is 1. The predicted molar refractivity (Wildman–Crippen MR) is 64.0 cm³/mol. The van der Waals surface area contributed by atoms with E-state index in [1.165, 1.54) is 25.7 Å². The number of hydrogen-bond donors (Lipinski definition) is 0. The van der Waals surface area contributed by atoms with Crippen molar-refractivity contribution in [3.05, 3.63) is 0 Å². The van der Waals surface area contributed by atoms with Crippen LogP contribution in [0.2, 0.25) is 0 Å². The van der Waals surface area contributed by atoms with E-state index in [4.69, 9.17) is 0 Å². The van der Waals surface area contributed by atoms with Gasteiger partial charge in [-0.2, -0.15) is 0 Å². The molecule has 0 spiro atoms. The summed E-state index contributed by atoms with van der Waals surface area (Å²) in [6, 6.07) is 0.228. The lowest BCUT2D eigenvalue weighted by molar-refractivity contribution is -0.123. The summed E-state index contributed by atoms with van der Waals surface area (Å²) in [7, 11) is 0. The molecule has 1 unspecified atom stereocenters. The summed E-state index contributed by atoms with van der Waals surface area (Å²) in [6.45, 7) is 8.51. The quantitative estimate of drug-likeness (QED) is 0.697. The lowest BCUT2D eigenvalue weighted by atomic mass is 9.98. The van der Waals surface area contributed by atoms with Gasteiger partial charge in [0, 0.05) is 0 Å². The topological polar surface area (TPSA) is 20.3 Å². The summed E-state index contributed by atoms with van der Waals surface area (Å²) in [5.74, 6) is 1.14. The van der Waals surface area contributed by atoms with Gasteiger partial charge < -0.3 is 0 Å². The van der Waals surface area contributed by atoms with Crippen LogP contribution in [0.15, 0.2) is 0 Å². The summed E-state index contributed by atoms with van der Waals surface area (Å²) < 4.78 is 0. The number of nitrogens with zero attached hydrogens (tertiary/aromatic N) is 1. The minimum atomic E-state index is 0.228. The molecule has 0 amide bonds. The van der Waals surface area contributed by atoms with Crippen LogP contribution in [0.4, 0.5) is 0 Å². The summed E-state index contributed by atoms with van der Waals surface area (Å²) in [5, 5.41) is 0. The van der Waals surface area contributed by atoms with Gasteiger partial charge in [0.15, 0.2) is 0 Å². The van der Waals surface area contributed by atoms with E-state index in [1.54, 1.807) is 6.92 Å². The molecule has 0 aliphatic carbocycles. The van der Waals surface area contributed by atoms with Crippen molar-refractivity contribution in [2.24, 2.45) is 5.92 Å². The van der Waals surface area contributed by atoms with Gasteiger partial charge in [-0.25, -0.2) is 0 Å². The Hall–Kier alpha value is -0.370. The molecule has 1 aliphatic heterocycles. The average molecular weight is 211 g/mol. The molecule has 1 rings (SSSR count). The zero-order valence-corrected chi connectivity index (χ0v) is 10.5. The van der Waals surface area contributed by atoms with E-state index in [9.17, 15) is 4.79 Å². The maximum atomic E-state index is 11.5. The highest BCUT2D eigenvalue weighted by Gasteiger charge is 2.25. The first-order chi connectivity index (χ1) is 7.11. The maximum Gasteiger partial charge on any atom is 0.146 e. The molecule has 15 heavy (non-hydrogen) atoms. The molecule has 2 nitrogen and oxygen atoms in total. The first kappa shape index (κ1) is 12.7. The Kier molecular flexibility index (Phi) is 5.30. The van der Waals surface area contributed by atoms with Crippen LogP contribution in [0.3, 0.4) is 0 Å². The third kappa shape index (κ3) is 4.33. The molecule has 0 bridgehead atoms. The fourth-order valence-corrected chi connectivity index (χ4v) is 2.42. The number of carbonyl (C=O) groups excluding carboxylic acids is 1. The van der Waals surface area contributed by atoms with Crippen LogP contribution in [0.25, 0.3) is 0 Å². The molecule has 0 aromatic heterocycles. The Labute approximate surface area is 94.0 Å². The van der Waals surface area contributed by atoms with Crippen LogP contribution in [0.5, 0.6) is 0 Å². The lowest BCUT2D eigenvalue weighted by Gasteiger charge is -2.34. The first-order valence-electron chi connectivity index (χ1n) is 6.35. The van der Waals surface area contributed by atoms with Crippen LogP contribution in [-0.4, -0.2) is 29.8 Å². The minimum absolute atomic E-state index is 0.228. The van der Waals surface area contributed by atoms with E-state index in [0.29, 0.717) is 5.78 Å². The van der Waals surface area contributed by atoms with Crippen LogP contribution in [0, 0.1) is 5.92 Å². The molecule has 1 atom stereocenters. The van der Waals surface area contributed by atoms with E-state index >= 15 is 0 Å². The predicted octanol–water partition coefficient (Wildman–Crippen LogP) is 2.87. The van der Waals surface area contributed by atoms with E-state index in [1.807, 2.05) is 0 Å². The summed E-state index contributed by atoms with van der Waals surface area (Å²) in [4.78, 5) is 13.9. The number of carbonyl (C=O) groups is 1. The summed E-state index contributed by atoms with van der Waals surface area (Å²) >= 11 is 0. The van der Waals surface area contributed by atoms with Crippen molar-refractivity contribution in [2.45, 2.75) is 58.9 Å². The van der Waals surface area contributed by atoms with Crippen LogP contribution < -0.4 is 0 Å². The Balaban J connectivity index is 2.33. The monoisotopic (exact) mass is 211 g/mol. The normalized spacial score (nSPS) is 23.3. The molecule has 0 aromatic carbocycles. The zero-order valence-electron chi connectivity index (χ0n) is 10.5. The Morgan fingerprint density at radius 3 is 2.73 bits per heavy atom. The molecular formula is C13H25NO. The molecular weight excluding hydrogens is 186 g/mol. The van der Waals surface area contributed by atoms with Crippen molar-refractivity contribution in [1.29, 1.82) is 0 Å². The summed E-state index contributed by atoms with van der Waals surface area (Å²) in [5.41, 5.74) is 0. The second-order valence-electron chi connectivity index (χ2n) is 5.19. The average Bonchev–Trinajstić information content (AvgIpc) is 2.17. The standard InChI is InChI=1S/C13H25NO/c1-11(2)7-6-10-14-9-5-4-8-13(14)12(3)15/h11,13H,4-10H2,1-3H3. The molecule has 1 aliphatic rings. The van der Waals surface area contributed by atoms with Gasteiger partial charge in [0.05, 0.1) is 6.04 Å². The number of rotatable bonds is 5. The number of hydrogen-bond acceptors (Lipinski definition) is 2. The number of piperidine rings is 1. The molecule has 0 radical (unpaired) electrons. The number of Topliss-reactive ketones (excluding diaryl/α,β-unsaturated/α-hetero) is 1. The minimum Gasteiger partial charge on any atom is -0.298 e. The van der Waals surface area contributed by atoms with E-state index in [0.717, 1.165) is 25.4 Å². The Morgan fingerprint density at radius 1 is 1.40 bits per heavy atom. The highest BCUT2D eigenvalue weighted by molar-refractivity contribution is 5.81. The molecule has 88 valence electrons. The third-order valence-electron chi connectivity index (χ3n) is 3.31. The molecule has 0 aromatic rings. The second kappa shape index (κ2) is 6.26. The van der Waals surface area contributed by atoms with Crippen molar-refractivity contribution in [3.63, 3.8) is 0 Å². The smallest absolute Gasteiger partial charge is 0.146 e.